The predicted molar refractivity (Wildman–Crippen MR) is 108 cm³/mol. The average Bonchev–Trinajstić information content (AvgIpc) is 2.70. The third-order valence-electron chi connectivity index (χ3n) is 4.20. The quantitative estimate of drug-likeness (QED) is 0.428. The Bertz CT molecular complexity index is 996. The highest BCUT2D eigenvalue weighted by Crippen LogP contribution is 2.18. The summed E-state index contributed by atoms with van der Waals surface area (Å²) < 4.78 is 31.6. The number of nitriles is 1. The van der Waals surface area contributed by atoms with Crippen LogP contribution in [0.2, 0.25) is 0 Å². The van der Waals surface area contributed by atoms with Gasteiger partial charge in [-0.3, -0.25) is 4.79 Å². The Morgan fingerprint density at radius 2 is 1.87 bits per heavy atom. The molecular formula is C22H21F2N3O3. The highest BCUT2D eigenvalue weighted by molar-refractivity contribution is 5.98. The summed E-state index contributed by atoms with van der Waals surface area (Å²) >= 11 is 0. The molecule has 2 rings (SSSR count). The first-order valence-electron chi connectivity index (χ1n) is 9.02. The summed E-state index contributed by atoms with van der Waals surface area (Å²) in [4.78, 5) is 26.0. The number of rotatable bonds is 7. The number of hydrogen-bond acceptors (Lipinski definition) is 5. The molecular weight excluding hydrogens is 392 g/mol. The van der Waals surface area contributed by atoms with Gasteiger partial charge in [-0.05, 0) is 36.8 Å². The first-order chi connectivity index (χ1) is 14.2. The van der Waals surface area contributed by atoms with Crippen LogP contribution in [0.25, 0.3) is 6.08 Å². The molecule has 0 unspecified atom stereocenters. The fraction of sp³-hybridized carbons (Fsp3) is 0.227. The zero-order valence-electron chi connectivity index (χ0n) is 16.8. The molecule has 0 saturated carbocycles. The lowest BCUT2D eigenvalue weighted by molar-refractivity contribution is -0.144. The van der Waals surface area contributed by atoms with Gasteiger partial charge in [0, 0.05) is 31.4 Å². The third-order valence-corrected chi connectivity index (χ3v) is 4.20. The maximum Gasteiger partial charge on any atom is 0.349 e. The number of esters is 1. The minimum absolute atomic E-state index is 0.0925. The van der Waals surface area contributed by atoms with E-state index >= 15 is 0 Å². The van der Waals surface area contributed by atoms with Crippen LogP contribution in [0.1, 0.15) is 24.1 Å². The Kier molecular flexibility index (Phi) is 7.64. The molecule has 0 saturated heterocycles. The van der Waals surface area contributed by atoms with E-state index in [0.29, 0.717) is 11.6 Å². The topological polar surface area (TPSA) is 82.4 Å². The summed E-state index contributed by atoms with van der Waals surface area (Å²) in [5.74, 6) is -3.16. The number of benzene rings is 2. The number of carbonyl (C=O) groups is 2. The van der Waals surface area contributed by atoms with Crippen LogP contribution in [0.5, 0.6) is 0 Å². The van der Waals surface area contributed by atoms with Crippen molar-refractivity contribution in [3.63, 3.8) is 0 Å². The van der Waals surface area contributed by atoms with Gasteiger partial charge in [-0.2, -0.15) is 5.26 Å². The van der Waals surface area contributed by atoms with Gasteiger partial charge in [-0.1, -0.05) is 18.2 Å². The van der Waals surface area contributed by atoms with Crippen LogP contribution in [0.3, 0.4) is 0 Å². The minimum Gasteiger partial charge on any atom is -0.451 e. The largest absolute Gasteiger partial charge is 0.451 e. The number of amides is 1. The van der Waals surface area contributed by atoms with Gasteiger partial charge in [0.05, 0.1) is 6.04 Å². The fourth-order valence-electron chi connectivity index (χ4n) is 2.59. The second-order valence-electron chi connectivity index (χ2n) is 6.69. The molecule has 0 heterocycles. The smallest absolute Gasteiger partial charge is 0.349 e. The molecule has 0 aliphatic rings. The normalized spacial score (nSPS) is 11.9. The van der Waals surface area contributed by atoms with Gasteiger partial charge in [-0.15, -0.1) is 0 Å². The van der Waals surface area contributed by atoms with E-state index in [9.17, 15) is 23.6 Å². The second-order valence-corrected chi connectivity index (χ2v) is 6.69. The van der Waals surface area contributed by atoms with Crippen LogP contribution in [-0.2, 0) is 14.3 Å². The zero-order chi connectivity index (χ0) is 22.3. The molecule has 1 amide bonds. The molecule has 2 aromatic rings. The third kappa shape index (κ3) is 6.14. The minimum atomic E-state index is -0.954. The SMILES string of the molecule is C[C@@H](NC(=O)COC(=O)/C(C#N)=C/c1ccc(N(C)C)cc1)c1ccc(F)cc1F. The Labute approximate surface area is 173 Å². The number of nitrogens with one attached hydrogen (secondary N) is 1. The molecule has 1 N–H and O–H groups in total. The van der Waals surface area contributed by atoms with Crippen molar-refractivity contribution in [2.75, 3.05) is 25.6 Å². The number of halogens is 2. The van der Waals surface area contributed by atoms with Crippen LogP contribution in [0.15, 0.2) is 48.0 Å². The number of hydrogen-bond donors (Lipinski definition) is 1. The van der Waals surface area contributed by atoms with Gasteiger partial charge in [0.15, 0.2) is 6.61 Å². The summed E-state index contributed by atoms with van der Waals surface area (Å²) in [5.41, 5.74) is 1.41. The van der Waals surface area contributed by atoms with E-state index in [4.69, 9.17) is 4.74 Å². The van der Waals surface area contributed by atoms with Crippen LogP contribution < -0.4 is 10.2 Å². The van der Waals surface area contributed by atoms with E-state index < -0.39 is 36.2 Å². The molecule has 0 aliphatic heterocycles. The van der Waals surface area contributed by atoms with Crippen molar-refractivity contribution < 1.29 is 23.1 Å². The molecule has 156 valence electrons. The van der Waals surface area contributed by atoms with E-state index in [1.807, 2.05) is 31.1 Å². The Balaban J connectivity index is 1.95. The molecule has 1 atom stereocenters. The van der Waals surface area contributed by atoms with Crippen molar-refractivity contribution in [2.45, 2.75) is 13.0 Å². The highest BCUT2D eigenvalue weighted by atomic mass is 19.1. The highest BCUT2D eigenvalue weighted by Gasteiger charge is 2.17. The van der Waals surface area contributed by atoms with Crippen molar-refractivity contribution in [2.24, 2.45) is 0 Å². The molecule has 0 spiro atoms. The van der Waals surface area contributed by atoms with E-state index in [1.165, 1.54) is 19.1 Å². The molecule has 0 aliphatic carbocycles. The summed E-state index contributed by atoms with van der Waals surface area (Å²) in [7, 11) is 3.78. The summed E-state index contributed by atoms with van der Waals surface area (Å²) in [6, 6.07) is 11.1. The molecule has 2 aromatic carbocycles. The van der Waals surface area contributed by atoms with Crippen LogP contribution in [0, 0.1) is 23.0 Å². The fourth-order valence-corrected chi connectivity index (χ4v) is 2.59. The van der Waals surface area contributed by atoms with Crippen LogP contribution in [-0.4, -0.2) is 32.6 Å². The predicted octanol–water partition coefficient (Wildman–Crippen LogP) is 3.36. The number of ether oxygens (including phenoxy) is 1. The first kappa shape index (κ1) is 22.6. The molecule has 8 heteroatoms. The summed E-state index contributed by atoms with van der Waals surface area (Å²) in [6.07, 6.45) is 1.36. The molecule has 0 bridgehead atoms. The van der Waals surface area contributed by atoms with E-state index in [-0.39, 0.29) is 11.1 Å². The van der Waals surface area contributed by atoms with Gasteiger partial charge >= 0.3 is 5.97 Å². The molecule has 0 fully saturated rings. The Morgan fingerprint density at radius 3 is 2.43 bits per heavy atom. The molecule has 0 radical (unpaired) electrons. The molecule has 0 aromatic heterocycles. The van der Waals surface area contributed by atoms with Crippen LogP contribution in [0.4, 0.5) is 14.5 Å². The Hall–Kier alpha value is -3.73. The van der Waals surface area contributed by atoms with Gasteiger partial charge in [0.1, 0.15) is 23.3 Å². The van der Waals surface area contributed by atoms with E-state index in [0.717, 1.165) is 11.8 Å². The molecule has 6 nitrogen and oxygen atoms in total. The van der Waals surface area contributed by atoms with Crippen molar-refractivity contribution >= 4 is 23.6 Å². The monoisotopic (exact) mass is 413 g/mol. The van der Waals surface area contributed by atoms with E-state index in [2.05, 4.69) is 5.32 Å². The molecule has 30 heavy (non-hydrogen) atoms. The number of anilines is 1. The van der Waals surface area contributed by atoms with Crippen molar-refractivity contribution in [3.05, 3.63) is 70.8 Å². The van der Waals surface area contributed by atoms with Crippen LogP contribution >= 0.6 is 0 Å². The standard InChI is InChI=1S/C22H21F2N3O3/c1-14(19-9-6-17(23)11-20(19)24)26-21(28)13-30-22(29)16(12-25)10-15-4-7-18(8-5-15)27(2)3/h4-11,14H,13H2,1-3H3,(H,26,28)/b16-10+/t14-/m1/s1. The van der Waals surface area contributed by atoms with Crippen molar-refractivity contribution in [3.8, 4) is 6.07 Å². The summed E-state index contributed by atoms with van der Waals surface area (Å²) in [6.45, 7) is 0.860. The average molecular weight is 413 g/mol. The van der Waals surface area contributed by atoms with E-state index in [1.54, 1.807) is 18.2 Å². The maximum atomic E-state index is 13.8. The second kappa shape index (κ2) is 10.2. The first-order valence-corrected chi connectivity index (χ1v) is 9.02. The van der Waals surface area contributed by atoms with Gasteiger partial charge in [-0.25, -0.2) is 13.6 Å². The lowest BCUT2D eigenvalue weighted by atomic mass is 10.1. The number of nitrogens with zero attached hydrogens (tertiary/aromatic N) is 2. The van der Waals surface area contributed by atoms with Gasteiger partial charge < -0.3 is 15.0 Å². The Morgan fingerprint density at radius 1 is 1.20 bits per heavy atom. The maximum absolute atomic E-state index is 13.8. The van der Waals surface area contributed by atoms with Crippen molar-refractivity contribution in [1.29, 1.82) is 5.26 Å². The van der Waals surface area contributed by atoms with Crippen molar-refractivity contribution in [1.82, 2.24) is 5.32 Å². The van der Waals surface area contributed by atoms with Gasteiger partial charge in [0.25, 0.3) is 5.91 Å². The zero-order valence-corrected chi connectivity index (χ0v) is 16.8. The summed E-state index contributed by atoms with van der Waals surface area (Å²) in [5, 5.41) is 11.7. The lowest BCUT2D eigenvalue weighted by Gasteiger charge is -2.15. The number of carbonyl (C=O) groups excluding carboxylic acids is 2. The lowest BCUT2D eigenvalue weighted by Crippen LogP contribution is -2.31. The van der Waals surface area contributed by atoms with Gasteiger partial charge in [0.2, 0.25) is 0 Å².